The Balaban J connectivity index is 1.70. The lowest BCUT2D eigenvalue weighted by Crippen LogP contribution is -2.40. The molecule has 0 radical (unpaired) electrons. The molecule has 1 aromatic heterocycles. The van der Waals surface area contributed by atoms with E-state index in [2.05, 4.69) is 10.3 Å². The number of amides is 1. The second-order valence-corrected chi connectivity index (χ2v) is 5.98. The second kappa shape index (κ2) is 6.01. The van der Waals surface area contributed by atoms with Gasteiger partial charge in [0.1, 0.15) is 11.4 Å². The Morgan fingerprint density at radius 3 is 2.86 bits per heavy atom. The van der Waals surface area contributed by atoms with E-state index in [0.29, 0.717) is 18.8 Å². The monoisotopic (exact) mass is 302 g/mol. The highest BCUT2D eigenvalue weighted by molar-refractivity contribution is 5.98. The third-order valence-electron chi connectivity index (χ3n) is 4.26. The van der Waals surface area contributed by atoms with E-state index >= 15 is 0 Å². The molecule has 2 aromatic rings. The Labute approximate surface area is 129 Å². The highest BCUT2D eigenvalue weighted by Gasteiger charge is 2.31. The van der Waals surface area contributed by atoms with Gasteiger partial charge >= 0.3 is 0 Å². The van der Waals surface area contributed by atoms with Crippen LogP contribution in [0.5, 0.6) is 5.75 Å². The first kappa shape index (κ1) is 14.9. The summed E-state index contributed by atoms with van der Waals surface area (Å²) in [5.41, 5.74) is 0.644. The predicted molar refractivity (Wildman–Crippen MR) is 85.2 cm³/mol. The van der Waals surface area contributed by atoms with Gasteiger partial charge in [-0.05, 0) is 38.0 Å². The van der Waals surface area contributed by atoms with Gasteiger partial charge in [-0.2, -0.15) is 0 Å². The average Bonchev–Trinajstić information content (AvgIpc) is 3.11. The van der Waals surface area contributed by atoms with Crippen molar-refractivity contribution in [1.82, 2.24) is 10.3 Å². The molecule has 0 saturated heterocycles. The lowest BCUT2D eigenvalue weighted by Gasteiger charge is -2.22. The van der Waals surface area contributed by atoms with Crippen molar-refractivity contribution < 1.29 is 14.6 Å². The Morgan fingerprint density at radius 1 is 1.36 bits per heavy atom. The summed E-state index contributed by atoms with van der Waals surface area (Å²) >= 11 is 0. The average molecular weight is 302 g/mol. The van der Waals surface area contributed by atoms with E-state index in [4.69, 9.17) is 4.74 Å². The summed E-state index contributed by atoms with van der Waals surface area (Å²) in [6, 6.07) is 7.53. The smallest absolute Gasteiger partial charge is 0.267 e. The number of aromatic nitrogens is 1. The van der Waals surface area contributed by atoms with Crippen molar-refractivity contribution in [3.8, 4) is 5.75 Å². The zero-order valence-electron chi connectivity index (χ0n) is 12.8. The SMILES string of the molecule is CCOc1ccc2cc(C(=O)NCC3(O)CCCC3)[nH]c2c1. The number of hydrogen-bond donors (Lipinski definition) is 3. The first-order valence-electron chi connectivity index (χ1n) is 7.86. The summed E-state index contributed by atoms with van der Waals surface area (Å²) in [6.45, 7) is 2.86. The van der Waals surface area contributed by atoms with E-state index in [0.717, 1.165) is 42.3 Å². The van der Waals surface area contributed by atoms with Gasteiger partial charge < -0.3 is 20.1 Å². The summed E-state index contributed by atoms with van der Waals surface area (Å²) in [7, 11) is 0. The number of aliphatic hydroxyl groups is 1. The van der Waals surface area contributed by atoms with Gasteiger partial charge in [-0.3, -0.25) is 4.79 Å². The number of hydrogen-bond acceptors (Lipinski definition) is 3. The molecule has 22 heavy (non-hydrogen) atoms. The van der Waals surface area contributed by atoms with Crippen LogP contribution in [0.25, 0.3) is 10.9 Å². The quantitative estimate of drug-likeness (QED) is 0.795. The van der Waals surface area contributed by atoms with Gasteiger partial charge in [-0.1, -0.05) is 12.8 Å². The zero-order valence-corrected chi connectivity index (χ0v) is 12.8. The Kier molecular flexibility index (Phi) is 4.07. The molecule has 0 atom stereocenters. The van der Waals surface area contributed by atoms with Gasteiger partial charge in [0.2, 0.25) is 0 Å². The van der Waals surface area contributed by atoms with E-state index in [1.165, 1.54) is 0 Å². The van der Waals surface area contributed by atoms with Crippen LogP contribution in [0.2, 0.25) is 0 Å². The van der Waals surface area contributed by atoms with Gasteiger partial charge in [0.05, 0.1) is 12.2 Å². The van der Waals surface area contributed by atoms with E-state index in [1.54, 1.807) is 0 Å². The van der Waals surface area contributed by atoms with Crippen LogP contribution in [0.3, 0.4) is 0 Å². The number of fused-ring (bicyclic) bond motifs is 1. The molecule has 5 heteroatoms. The van der Waals surface area contributed by atoms with Gasteiger partial charge in [0.15, 0.2) is 0 Å². The Bertz CT molecular complexity index is 672. The molecule has 0 unspecified atom stereocenters. The van der Waals surface area contributed by atoms with Crippen LogP contribution in [0.15, 0.2) is 24.3 Å². The standard InChI is InChI=1S/C17H22N2O3/c1-2-22-13-6-5-12-9-15(19-14(12)10-13)16(20)18-11-17(21)7-3-4-8-17/h5-6,9-10,19,21H,2-4,7-8,11H2,1H3,(H,18,20). The van der Waals surface area contributed by atoms with Gasteiger partial charge in [-0.15, -0.1) is 0 Å². The fourth-order valence-corrected chi connectivity index (χ4v) is 3.03. The van der Waals surface area contributed by atoms with Gasteiger partial charge in [0, 0.05) is 23.5 Å². The molecule has 1 heterocycles. The number of ether oxygens (including phenoxy) is 1. The van der Waals surface area contributed by atoms with Crippen LogP contribution in [0, 0.1) is 0 Å². The number of H-pyrrole nitrogens is 1. The van der Waals surface area contributed by atoms with Crippen molar-refractivity contribution in [2.45, 2.75) is 38.2 Å². The molecule has 1 aliphatic carbocycles. The van der Waals surface area contributed by atoms with Gasteiger partial charge in [-0.25, -0.2) is 0 Å². The van der Waals surface area contributed by atoms with Crippen molar-refractivity contribution >= 4 is 16.8 Å². The van der Waals surface area contributed by atoms with Crippen molar-refractivity contribution in [2.75, 3.05) is 13.2 Å². The van der Waals surface area contributed by atoms with Crippen LogP contribution in [-0.2, 0) is 0 Å². The van der Waals surface area contributed by atoms with Crippen LogP contribution in [0.4, 0.5) is 0 Å². The number of benzene rings is 1. The molecule has 1 aromatic carbocycles. The molecular weight excluding hydrogens is 280 g/mol. The molecule has 0 aliphatic heterocycles. The molecule has 5 nitrogen and oxygen atoms in total. The summed E-state index contributed by atoms with van der Waals surface area (Å²) in [4.78, 5) is 15.3. The van der Waals surface area contributed by atoms with Crippen molar-refractivity contribution in [3.63, 3.8) is 0 Å². The molecule has 0 bridgehead atoms. The van der Waals surface area contributed by atoms with Crippen molar-refractivity contribution in [1.29, 1.82) is 0 Å². The molecule has 1 saturated carbocycles. The fraction of sp³-hybridized carbons (Fsp3) is 0.471. The third-order valence-corrected chi connectivity index (χ3v) is 4.26. The maximum Gasteiger partial charge on any atom is 0.267 e. The fourth-order valence-electron chi connectivity index (χ4n) is 3.03. The maximum atomic E-state index is 12.2. The second-order valence-electron chi connectivity index (χ2n) is 5.98. The summed E-state index contributed by atoms with van der Waals surface area (Å²) < 4.78 is 5.46. The molecule has 1 aliphatic rings. The third kappa shape index (κ3) is 3.09. The van der Waals surface area contributed by atoms with E-state index in [1.807, 2.05) is 31.2 Å². The predicted octanol–water partition coefficient (Wildman–Crippen LogP) is 2.60. The maximum absolute atomic E-state index is 12.2. The molecule has 3 N–H and O–H groups in total. The first-order valence-corrected chi connectivity index (χ1v) is 7.86. The number of carbonyl (C=O) groups excluding carboxylic acids is 1. The number of nitrogens with one attached hydrogen (secondary N) is 2. The molecule has 1 amide bonds. The van der Waals surface area contributed by atoms with E-state index in [9.17, 15) is 9.90 Å². The van der Waals surface area contributed by atoms with Gasteiger partial charge in [0.25, 0.3) is 5.91 Å². The lowest BCUT2D eigenvalue weighted by atomic mass is 10.0. The topological polar surface area (TPSA) is 74.3 Å². The highest BCUT2D eigenvalue weighted by Crippen LogP contribution is 2.28. The molecule has 118 valence electrons. The van der Waals surface area contributed by atoms with Crippen molar-refractivity contribution in [2.24, 2.45) is 0 Å². The summed E-state index contributed by atoms with van der Waals surface area (Å²) in [5, 5.41) is 14.1. The lowest BCUT2D eigenvalue weighted by molar-refractivity contribution is 0.0449. The van der Waals surface area contributed by atoms with Crippen LogP contribution < -0.4 is 10.1 Å². The number of aromatic amines is 1. The minimum absolute atomic E-state index is 0.186. The molecule has 3 rings (SSSR count). The summed E-state index contributed by atoms with van der Waals surface area (Å²) in [6.07, 6.45) is 3.58. The minimum Gasteiger partial charge on any atom is -0.494 e. The van der Waals surface area contributed by atoms with E-state index < -0.39 is 5.60 Å². The highest BCUT2D eigenvalue weighted by atomic mass is 16.5. The van der Waals surface area contributed by atoms with Crippen LogP contribution >= 0.6 is 0 Å². The van der Waals surface area contributed by atoms with E-state index in [-0.39, 0.29) is 5.91 Å². The first-order chi connectivity index (χ1) is 10.6. The van der Waals surface area contributed by atoms with Crippen LogP contribution in [0.1, 0.15) is 43.1 Å². The number of carbonyl (C=O) groups is 1. The molecular formula is C17H22N2O3. The summed E-state index contributed by atoms with van der Waals surface area (Å²) in [5.74, 6) is 0.596. The molecule has 1 fully saturated rings. The Morgan fingerprint density at radius 2 is 2.14 bits per heavy atom. The minimum atomic E-state index is -0.732. The largest absolute Gasteiger partial charge is 0.494 e. The van der Waals surface area contributed by atoms with Crippen LogP contribution in [-0.4, -0.2) is 34.8 Å². The normalized spacial score (nSPS) is 16.8. The Hall–Kier alpha value is -2.01. The zero-order chi connectivity index (χ0) is 15.6. The molecule has 0 spiro atoms. The van der Waals surface area contributed by atoms with Crippen molar-refractivity contribution in [3.05, 3.63) is 30.0 Å². The number of rotatable bonds is 5.